The summed E-state index contributed by atoms with van der Waals surface area (Å²) < 4.78 is 0. The first-order chi connectivity index (χ1) is 13.3. The molecule has 1 heterocycles. The molecule has 2 aromatic rings. The zero-order valence-electron chi connectivity index (χ0n) is 16.5. The van der Waals surface area contributed by atoms with E-state index in [1.54, 1.807) is 13.1 Å². The van der Waals surface area contributed by atoms with Gasteiger partial charge in [-0.2, -0.15) is 5.26 Å². The van der Waals surface area contributed by atoms with E-state index in [0.717, 1.165) is 29.1 Å². The molecule has 2 atom stereocenters. The summed E-state index contributed by atoms with van der Waals surface area (Å²) in [6.45, 7) is 6.60. The second-order valence-electron chi connectivity index (χ2n) is 8.09. The molecule has 1 aromatic carbocycles. The third-order valence-electron chi connectivity index (χ3n) is 5.97. The molecule has 1 N–H and O–H groups in total. The van der Waals surface area contributed by atoms with Crippen molar-refractivity contribution < 1.29 is 4.79 Å². The Bertz CT molecular complexity index is 919. The first kappa shape index (κ1) is 20.3. The van der Waals surface area contributed by atoms with Crippen molar-refractivity contribution in [2.24, 2.45) is 17.3 Å². The Balaban J connectivity index is 1.65. The number of carbonyl (C=O) groups is 1. The third-order valence-corrected chi connectivity index (χ3v) is 6.21. The van der Waals surface area contributed by atoms with Crippen molar-refractivity contribution in [2.75, 3.05) is 11.9 Å². The fraction of sp³-hybridized carbons (Fsp3) is 0.455. The average Bonchev–Trinajstić information content (AvgIpc) is 2.64. The van der Waals surface area contributed by atoms with E-state index in [0.29, 0.717) is 30.4 Å². The van der Waals surface area contributed by atoms with Crippen LogP contribution < -0.4 is 5.32 Å². The summed E-state index contributed by atoms with van der Waals surface area (Å²) in [5.74, 6) is 1.20. The molecule has 0 unspecified atom stereocenters. The summed E-state index contributed by atoms with van der Waals surface area (Å²) in [5.41, 5.74) is 2.33. The Morgan fingerprint density at radius 1 is 1.43 bits per heavy atom. The third kappa shape index (κ3) is 4.34. The maximum Gasteiger partial charge on any atom is 0.222 e. The highest BCUT2D eigenvalue weighted by Crippen LogP contribution is 2.52. The SMILES string of the molecule is CC(=O)[C@@H]1C[C@H](Cc2nc(NCCc3cccc(Cl)c3)ncc2C#N)C1(C)C. The van der Waals surface area contributed by atoms with Gasteiger partial charge in [0.1, 0.15) is 11.9 Å². The minimum absolute atomic E-state index is 0.0658. The van der Waals surface area contributed by atoms with E-state index in [9.17, 15) is 10.1 Å². The Hall–Kier alpha value is -2.45. The number of nitriles is 1. The van der Waals surface area contributed by atoms with Crippen molar-refractivity contribution in [1.29, 1.82) is 5.26 Å². The van der Waals surface area contributed by atoms with Gasteiger partial charge in [0.25, 0.3) is 0 Å². The van der Waals surface area contributed by atoms with Crippen LogP contribution in [-0.2, 0) is 17.6 Å². The number of ketones is 1. The molecule has 146 valence electrons. The van der Waals surface area contributed by atoms with Gasteiger partial charge >= 0.3 is 0 Å². The number of nitrogens with one attached hydrogen (secondary N) is 1. The molecular weight excluding hydrogens is 372 g/mol. The highest BCUT2D eigenvalue weighted by atomic mass is 35.5. The number of rotatable bonds is 7. The summed E-state index contributed by atoms with van der Waals surface area (Å²) >= 11 is 6.02. The summed E-state index contributed by atoms with van der Waals surface area (Å²) in [6, 6.07) is 9.95. The monoisotopic (exact) mass is 396 g/mol. The lowest BCUT2D eigenvalue weighted by atomic mass is 9.52. The van der Waals surface area contributed by atoms with Gasteiger partial charge in [0.2, 0.25) is 5.95 Å². The summed E-state index contributed by atoms with van der Waals surface area (Å²) in [7, 11) is 0. The summed E-state index contributed by atoms with van der Waals surface area (Å²) in [6.07, 6.45) is 3.92. The zero-order valence-corrected chi connectivity index (χ0v) is 17.3. The van der Waals surface area contributed by atoms with Crippen LogP contribution in [0.25, 0.3) is 0 Å². The predicted octanol–water partition coefficient (Wildman–Crippen LogP) is 4.45. The van der Waals surface area contributed by atoms with Crippen LogP contribution in [-0.4, -0.2) is 22.3 Å². The van der Waals surface area contributed by atoms with Gasteiger partial charge < -0.3 is 5.32 Å². The van der Waals surface area contributed by atoms with Crippen LogP contribution in [0, 0.1) is 28.6 Å². The number of anilines is 1. The van der Waals surface area contributed by atoms with Crippen LogP contribution in [0.2, 0.25) is 5.02 Å². The van der Waals surface area contributed by atoms with Crippen molar-refractivity contribution in [3.63, 3.8) is 0 Å². The number of benzene rings is 1. The molecule has 5 nitrogen and oxygen atoms in total. The van der Waals surface area contributed by atoms with Gasteiger partial charge in [0.05, 0.1) is 17.5 Å². The van der Waals surface area contributed by atoms with Gasteiger partial charge in [-0.3, -0.25) is 4.79 Å². The number of hydrogen-bond donors (Lipinski definition) is 1. The van der Waals surface area contributed by atoms with Crippen LogP contribution in [0.1, 0.15) is 44.0 Å². The molecule has 0 amide bonds. The Kier molecular flexibility index (Phi) is 6.00. The molecule has 1 saturated carbocycles. The number of hydrogen-bond acceptors (Lipinski definition) is 5. The maximum absolute atomic E-state index is 11.8. The molecule has 1 aliphatic carbocycles. The van der Waals surface area contributed by atoms with Crippen molar-refractivity contribution >= 4 is 23.3 Å². The van der Waals surface area contributed by atoms with Crippen molar-refractivity contribution in [1.82, 2.24) is 9.97 Å². The maximum atomic E-state index is 11.8. The number of nitrogens with zero attached hydrogens (tertiary/aromatic N) is 3. The summed E-state index contributed by atoms with van der Waals surface area (Å²) in [4.78, 5) is 20.6. The van der Waals surface area contributed by atoms with Gasteiger partial charge in [-0.25, -0.2) is 9.97 Å². The molecule has 0 aliphatic heterocycles. The van der Waals surface area contributed by atoms with Crippen LogP contribution in [0.3, 0.4) is 0 Å². The molecule has 3 rings (SSSR count). The van der Waals surface area contributed by atoms with Gasteiger partial charge in [-0.05, 0) is 55.2 Å². The lowest BCUT2D eigenvalue weighted by Gasteiger charge is -2.51. The molecule has 0 spiro atoms. The van der Waals surface area contributed by atoms with Gasteiger partial charge in [-0.1, -0.05) is 37.6 Å². The molecule has 28 heavy (non-hydrogen) atoms. The zero-order chi connectivity index (χ0) is 20.3. The Labute approximate surface area is 171 Å². The van der Waals surface area contributed by atoms with E-state index < -0.39 is 0 Å². The summed E-state index contributed by atoms with van der Waals surface area (Å²) in [5, 5.41) is 13.4. The quantitative estimate of drug-likeness (QED) is 0.747. The second-order valence-corrected chi connectivity index (χ2v) is 8.53. The number of Topliss-reactive ketones (excluding diaryl/α,β-unsaturated/α-hetero) is 1. The fourth-order valence-corrected chi connectivity index (χ4v) is 4.26. The molecule has 0 radical (unpaired) electrons. The standard InChI is InChI=1S/C22H25ClN4O/c1-14(28)19-10-17(22(19,2)3)11-20-16(12-24)13-26-21(27-20)25-8-7-15-5-4-6-18(23)9-15/h4-6,9,13,17,19H,7-8,10-11H2,1-3H3,(H,25,26,27)/t17-,19+/m1/s1. The van der Waals surface area contributed by atoms with Crippen LogP contribution in [0.5, 0.6) is 0 Å². The van der Waals surface area contributed by atoms with Crippen LogP contribution >= 0.6 is 11.6 Å². The van der Waals surface area contributed by atoms with Crippen LogP contribution in [0.4, 0.5) is 5.95 Å². The molecule has 1 fully saturated rings. The minimum Gasteiger partial charge on any atom is -0.354 e. The van der Waals surface area contributed by atoms with Gasteiger partial charge in [0.15, 0.2) is 0 Å². The lowest BCUT2D eigenvalue weighted by Crippen LogP contribution is -2.49. The van der Waals surface area contributed by atoms with E-state index in [1.807, 2.05) is 24.3 Å². The van der Waals surface area contributed by atoms with Gasteiger partial charge in [0, 0.05) is 17.5 Å². The minimum atomic E-state index is -0.0658. The van der Waals surface area contributed by atoms with E-state index in [4.69, 9.17) is 11.6 Å². The lowest BCUT2D eigenvalue weighted by molar-refractivity contribution is -0.136. The molecule has 0 bridgehead atoms. The number of carbonyl (C=O) groups excluding carboxylic acids is 1. The molecule has 1 aromatic heterocycles. The highest BCUT2D eigenvalue weighted by molar-refractivity contribution is 6.30. The normalized spacial score (nSPS) is 20.1. The first-order valence-electron chi connectivity index (χ1n) is 9.56. The van der Waals surface area contributed by atoms with E-state index in [-0.39, 0.29) is 17.1 Å². The predicted molar refractivity (Wildman–Crippen MR) is 110 cm³/mol. The first-order valence-corrected chi connectivity index (χ1v) is 9.94. The van der Waals surface area contributed by atoms with E-state index in [1.165, 1.54) is 0 Å². The number of aromatic nitrogens is 2. The Morgan fingerprint density at radius 2 is 2.21 bits per heavy atom. The largest absolute Gasteiger partial charge is 0.354 e. The van der Waals surface area contributed by atoms with Crippen molar-refractivity contribution in [3.8, 4) is 6.07 Å². The van der Waals surface area contributed by atoms with E-state index in [2.05, 4.69) is 35.2 Å². The molecular formula is C22H25ClN4O. The van der Waals surface area contributed by atoms with Crippen molar-refractivity contribution in [2.45, 2.75) is 40.0 Å². The van der Waals surface area contributed by atoms with Crippen molar-refractivity contribution in [3.05, 3.63) is 52.3 Å². The van der Waals surface area contributed by atoms with Crippen LogP contribution in [0.15, 0.2) is 30.5 Å². The topological polar surface area (TPSA) is 78.7 Å². The smallest absolute Gasteiger partial charge is 0.222 e. The highest BCUT2D eigenvalue weighted by Gasteiger charge is 2.50. The fourth-order valence-electron chi connectivity index (χ4n) is 4.05. The van der Waals surface area contributed by atoms with E-state index >= 15 is 0 Å². The number of halogens is 1. The average molecular weight is 397 g/mol. The Morgan fingerprint density at radius 3 is 2.86 bits per heavy atom. The second kappa shape index (κ2) is 8.28. The molecule has 0 saturated heterocycles. The van der Waals surface area contributed by atoms with Gasteiger partial charge in [-0.15, -0.1) is 0 Å². The molecule has 1 aliphatic rings. The molecule has 6 heteroatoms.